The van der Waals surface area contributed by atoms with Gasteiger partial charge in [0.25, 0.3) is 11.8 Å². The van der Waals surface area contributed by atoms with Crippen molar-refractivity contribution in [1.29, 1.82) is 0 Å². The number of benzene rings is 5. The zero-order valence-corrected chi connectivity index (χ0v) is 35.4. The Morgan fingerprint density at radius 1 is 0.383 bits per heavy atom. The number of rotatable bonds is 14. The first-order valence-electron chi connectivity index (χ1n) is 18.9. The van der Waals surface area contributed by atoms with Gasteiger partial charge in [0.2, 0.25) is 11.8 Å². The molecular formula is C46H40N6O4S4. The van der Waals surface area contributed by atoms with Gasteiger partial charge in [0.15, 0.2) is 10.8 Å². The average molecular weight is 869 g/mol. The van der Waals surface area contributed by atoms with Gasteiger partial charge >= 0.3 is 0 Å². The van der Waals surface area contributed by atoms with Crippen LogP contribution in [-0.4, -0.2) is 43.6 Å². The largest absolute Gasteiger partial charge is 0.392 e. The fourth-order valence-electron chi connectivity index (χ4n) is 9.26. The van der Waals surface area contributed by atoms with Gasteiger partial charge in [-0.25, -0.2) is 9.80 Å². The molecule has 2 fully saturated rings. The minimum absolute atomic E-state index is 0.00263. The van der Waals surface area contributed by atoms with Gasteiger partial charge < -0.3 is 22.9 Å². The molecule has 0 atom stereocenters. The smallest absolute Gasteiger partial charge is 0.254 e. The Labute approximate surface area is 368 Å². The van der Waals surface area contributed by atoms with Gasteiger partial charge in [-0.05, 0) is 66.1 Å². The summed E-state index contributed by atoms with van der Waals surface area (Å²) in [6.45, 7) is 0. The fraction of sp³-hybridized carbons (Fsp3) is 0.174. The van der Waals surface area contributed by atoms with Gasteiger partial charge in [-0.1, -0.05) is 176 Å². The number of nitrogens with zero attached hydrogens (tertiary/aromatic N) is 2. The molecule has 2 aliphatic rings. The summed E-state index contributed by atoms with van der Waals surface area (Å²) in [7, 11) is 0. The lowest BCUT2D eigenvalue weighted by Gasteiger charge is -2.40. The predicted octanol–water partition coefficient (Wildman–Crippen LogP) is 5.49. The lowest BCUT2D eigenvalue weighted by atomic mass is 9.59. The molecule has 5 aromatic rings. The third-order valence-corrected chi connectivity index (χ3v) is 13.2. The van der Waals surface area contributed by atoms with Crippen molar-refractivity contribution in [2.24, 2.45) is 44.6 Å². The second kappa shape index (κ2) is 16.2. The summed E-state index contributed by atoms with van der Waals surface area (Å²) in [5, 5.41) is 0. The SMILES string of the molecule is NC(=S)C1(C(N)=S)C(=O)N(c2cccc(N3C(=O)C(Cc4ccccc4)(Cc4ccccc4)C(C(N)=S)(C(N)=S)C3=O)c2)C(=O)C1(Cc1ccccc1)Cc1ccccc1. The van der Waals surface area contributed by atoms with E-state index in [-0.39, 0.29) is 57.0 Å². The summed E-state index contributed by atoms with van der Waals surface area (Å²) in [6.07, 6.45) is -0.0826. The van der Waals surface area contributed by atoms with Crippen molar-refractivity contribution >= 4 is 104 Å². The number of amides is 4. The number of imide groups is 2. The molecule has 0 spiro atoms. The number of hydrogen-bond donors (Lipinski definition) is 4. The maximum Gasteiger partial charge on any atom is 0.254 e. The van der Waals surface area contributed by atoms with Crippen molar-refractivity contribution < 1.29 is 19.2 Å². The molecular weight excluding hydrogens is 829 g/mol. The van der Waals surface area contributed by atoms with Crippen LogP contribution in [0.15, 0.2) is 146 Å². The van der Waals surface area contributed by atoms with Crippen molar-refractivity contribution in [3.63, 3.8) is 0 Å². The van der Waals surface area contributed by atoms with Gasteiger partial charge in [-0.2, -0.15) is 0 Å². The second-order valence-electron chi connectivity index (χ2n) is 15.2. The van der Waals surface area contributed by atoms with E-state index in [0.29, 0.717) is 22.3 Å². The van der Waals surface area contributed by atoms with Gasteiger partial charge in [0.1, 0.15) is 0 Å². The molecule has 8 N–H and O–H groups in total. The predicted molar refractivity (Wildman–Crippen MR) is 249 cm³/mol. The van der Waals surface area contributed by atoms with E-state index in [0.717, 1.165) is 9.80 Å². The van der Waals surface area contributed by atoms with Crippen LogP contribution >= 0.6 is 48.9 Å². The monoisotopic (exact) mass is 868 g/mol. The number of hydrogen-bond acceptors (Lipinski definition) is 8. The van der Waals surface area contributed by atoms with E-state index in [9.17, 15) is 0 Å². The minimum atomic E-state index is -2.14. The van der Waals surface area contributed by atoms with Gasteiger partial charge in [-0.15, -0.1) is 0 Å². The Kier molecular flexibility index (Phi) is 11.3. The molecule has 0 bridgehead atoms. The highest BCUT2D eigenvalue weighted by Gasteiger charge is 2.74. The highest BCUT2D eigenvalue weighted by atomic mass is 32.1. The summed E-state index contributed by atoms with van der Waals surface area (Å²) in [5.74, 6) is -3.09. The topological polar surface area (TPSA) is 179 Å². The highest BCUT2D eigenvalue weighted by molar-refractivity contribution is 7.82. The zero-order chi connectivity index (χ0) is 43.0. The number of thiocarbonyl (C=S) groups is 4. The van der Waals surface area contributed by atoms with E-state index in [1.54, 1.807) is 0 Å². The van der Waals surface area contributed by atoms with Crippen LogP contribution in [0.2, 0.25) is 0 Å². The van der Waals surface area contributed by atoms with Gasteiger partial charge in [0, 0.05) is 0 Å². The maximum atomic E-state index is 15.5. The molecule has 0 unspecified atom stereocenters. The summed E-state index contributed by atoms with van der Waals surface area (Å²) in [4.78, 5) is 61.9. The molecule has 5 aromatic carbocycles. The number of carbonyl (C=O) groups excluding carboxylic acids is 4. The second-order valence-corrected chi connectivity index (χ2v) is 16.9. The Morgan fingerprint density at radius 3 is 0.867 bits per heavy atom. The summed E-state index contributed by atoms with van der Waals surface area (Å²) >= 11 is 22.7. The molecule has 60 heavy (non-hydrogen) atoms. The van der Waals surface area contributed by atoms with Crippen molar-refractivity contribution in [3.8, 4) is 0 Å². The van der Waals surface area contributed by atoms with Crippen LogP contribution in [0.25, 0.3) is 0 Å². The molecule has 14 heteroatoms. The standard InChI is InChI=1S/C46H40N6O4S4/c47-35(57)45(36(48)58)41(55)51(39(53)43(45,25-29-14-5-1-6-15-29)26-30-16-7-2-8-17-30)33-22-13-23-34(24-33)52-40(54)44(27-31-18-9-3-10-19-31,28-32-20-11-4-12-21-32)46(37(49)59,38(50)60)42(52)56/h1-24H,25-28H2,(H2,47,57)(H2,48,58)(H2,49,59)(H2,50,60). The third-order valence-electron chi connectivity index (χ3n) is 11.9. The molecule has 302 valence electrons. The van der Waals surface area contributed by atoms with Crippen LogP contribution in [-0.2, 0) is 44.9 Å². The lowest BCUT2D eigenvalue weighted by molar-refractivity contribution is -0.127. The fourth-order valence-corrected chi connectivity index (χ4v) is 11.0. The summed E-state index contributed by atoms with van der Waals surface area (Å²) in [6, 6.07) is 42.4. The van der Waals surface area contributed by atoms with Crippen LogP contribution in [0.5, 0.6) is 0 Å². The molecule has 2 aliphatic heterocycles. The molecule has 10 nitrogen and oxygen atoms in total. The Balaban J connectivity index is 1.43. The van der Waals surface area contributed by atoms with E-state index >= 15 is 19.2 Å². The van der Waals surface area contributed by atoms with Crippen molar-refractivity contribution in [3.05, 3.63) is 168 Å². The highest BCUT2D eigenvalue weighted by Crippen LogP contribution is 2.57. The van der Waals surface area contributed by atoms with Gasteiger partial charge in [0.05, 0.1) is 42.2 Å². The first-order chi connectivity index (χ1) is 28.7. The van der Waals surface area contributed by atoms with E-state index in [1.807, 2.05) is 121 Å². The normalized spacial score (nSPS) is 17.4. The van der Waals surface area contributed by atoms with Crippen molar-refractivity contribution in [2.75, 3.05) is 9.80 Å². The molecule has 2 saturated heterocycles. The third kappa shape index (κ3) is 6.33. The molecule has 0 radical (unpaired) electrons. The number of carbonyl (C=O) groups is 4. The maximum absolute atomic E-state index is 15.5. The van der Waals surface area contributed by atoms with Gasteiger partial charge in [-0.3, -0.25) is 19.2 Å². The summed E-state index contributed by atoms with van der Waals surface area (Å²) in [5.41, 5.74) is 21.2. The first-order valence-corrected chi connectivity index (χ1v) is 20.6. The van der Waals surface area contributed by atoms with E-state index < -0.39 is 45.3 Å². The summed E-state index contributed by atoms with van der Waals surface area (Å²) < 4.78 is 0. The van der Waals surface area contributed by atoms with Crippen LogP contribution in [0.1, 0.15) is 22.3 Å². The Bertz CT molecular complexity index is 2290. The minimum Gasteiger partial charge on any atom is -0.392 e. The van der Waals surface area contributed by atoms with Crippen molar-refractivity contribution in [2.45, 2.75) is 25.7 Å². The quantitative estimate of drug-likeness (QED) is 0.0816. The van der Waals surface area contributed by atoms with Crippen LogP contribution < -0.4 is 32.7 Å². The Hall–Kier alpha value is -6.06. The molecule has 2 heterocycles. The van der Waals surface area contributed by atoms with Crippen LogP contribution in [0, 0.1) is 21.7 Å². The molecule has 7 rings (SSSR count). The number of anilines is 2. The molecule has 4 amide bonds. The Morgan fingerprint density at radius 2 is 0.633 bits per heavy atom. The van der Waals surface area contributed by atoms with E-state index in [2.05, 4.69) is 0 Å². The van der Waals surface area contributed by atoms with Crippen molar-refractivity contribution in [1.82, 2.24) is 0 Å². The molecule has 0 saturated carbocycles. The molecule has 0 aliphatic carbocycles. The molecule has 0 aromatic heterocycles. The average Bonchev–Trinajstić information content (AvgIpc) is 3.53. The first kappa shape index (κ1) is 42.1. The lowest BCUT2D eigenvalue weighted by Crippen LogP contribution is -2.61. The number of nitrogens with two attached hydrogens (primary N) is 4. The van der Waals surface area contributed by atoms with Crippen LogP contribution in [0.3, 0.4) is 0 Å². The van der Waals surface area contributed by atoms with E-state index in [1.165, 1.54) is 24.3 Å². The van der Waals surface area contributed by atoms with E-state index in [4.69, 9.17) is 71.8 Å². The zero-order valence-electron chi connectivity index (χ0n) is 32.2. The van der Waals surface area contributed by atoms with Crippen LogP contribution in [0.4, 0.5) is 11.4 Å².